The van der Waals surface area contributed by atoms with Crippen LogP contribution in [0.5, 0.6) is 0 Å². The third-order valence-corrected chi connectivity index (χ3v) is 2.61. The first-order chi connectivity index (χ1) is 5.86. The lowest BCUT2D eigenvalue weighted by atomic mass is 10.4. The lowest BCUT2D eigenvalue weighted by molar-refractivity contribution is 0.964. The number of nitrogens with zero attached hydrogens (tertiary/aromatic N) is 2. The molecule has 0 radical (unpaired) electrons. The van der Waals surface area contributed by atoms with Crippen molar-refractivity contribution in [1.29, 1.82) is 0 Å². The van der Waals surface area contributed by atoms with Gasteiger partial charge in [0.2, 0.25) is 0 Å². The first-order valence-electron chi connectivity index (χ1n) is 4.19. The van der Waals surface area contributed by atoms with Crippen molar-refractivity contribution >= 4 is 18.3 Å². The summed E-state index contributed by atoms with van der Waals surface area (Å²) in [5.41, 5.74) is 1.27. The van der Waals surface area contributed by atoms with Gasteiger partial charge in [0.1, 0.15) is 0 Å². The van der Waals surface area contributed by atoms with Gasteiger partial charge in [0.15, 0.2) is 0 Å². The molecule has 0 spiro atoms. The van der Waals surface area contributed by atoms with Crippen LogP contribution >= 0.6 is 12.6 Å². The van der Waals surface area contributed by atoms with Gasteiger partial charge in [-0.25, -0.2) is 0 Å². The molecule has 0 N–H and O–H groups in total. The predicted octanol–water partition coefficient (Wildman–Crippen LogP) is 1.59. The van der Waals surface area contributed by atoms with Gasteiger partial charge in [-0.1, -0.05) is 0 Å². The van der Waals surface area contributed by atoms with Crippen molar-refractivity contribution in [3.05, 3.63) is 24.5 Å². The van der Waals surface area contributed by atoms with Gasteiger partial charge >= 0.3 is 0 Å². The van der Waals surface area contributed by atoms with Gasteiger partial charge in [0.05, 0.1) is 0 Å². The van der Waals surface area contributed by atoms with Crippen LogP contribution in [0.1, 0.15) is 6.42 Å². The van der Waals surface area contributed by atoms with E-state index in [1.54, 1.807) is 0 Å². The van der Waals surface area contributed by atoms with Crippen LogP contribution in [-0.4, -0.2) is 23.3 Å². The van der Waals surface area contributed by atoms with Gasteiger partial charge in [0, 0.05) is 36.4 Å². The first-order valence-corrected chi connectivity index (χ1v) is 4.71. The maximum atomic E-state index is 4.44. The monoisotopic (exact) mass is 180 g/mol. The second-order valence-corrected chi connectivity index (χ2v) is 3.82. The average Bonchev–Trinajstić information content (AvgIpc) is 2.54. The Bertz CT molecular complexity index is 250. The molecule has 3 heteroatoms. The number of rotatable bonds is 1. The summed E-state index contributed by atoms with van der Waals surface area (Å²) < 4.78 is 0. The van der Waals surface area contributed by atoms with Crippen molar-refractivity contribution in [3.8, 4) is 0 Å². The topological polar surface area (TPSA) is 16.1 Å². The van der Waals surface area contributed by atoms with Crippen molar-refractivity contribution in [2.45, 2.75) is 11.7 Å². The number of hydrogen-bond donors (Lipinski definition) is 1. The molecule has 2 rings (SSSR count). The van der Waals surface area contributed by atoms with Crippen LogP contribution < -0.4 is 4.90 Å². The molecule has 0 amide bonds. The quantitative estimate of drug-likeness (QED) is 0.661. The minimum Gasteiger partial charge on any atom is -0.370 e. The molecule has 1 aliphatic heterocycles. The number of thiol groups is 1. The van der Waals surface area contributed by atoms with Crippen LogP contribution in [0, 0.1) is 0 Å². The van der Waals surface area contributed by atoms with Gasteiger partial charge in [-0.3, -0.25) is 4.98 Å². The van der Waals surface area contributed by atoms with Gasteiger partial charge in [-0.15, -0.1) is 0 Å². The van der Waals surface area contributed by atoms with Gasteiger partial charge in [-0.05, 0) is 18.6 Å². The number of pyridine rings is 1. The van der Waals surface area contributed by atoms with Crippen molar-refractivity contribution < 1.29 is 0 Å². The van der Waals surface area contributed by atoms with Gasteiger partial charge < -0.3 is 4.90 Å². The second-order valence-electron chi connectivity index (χ2n) is 3.09. The highest BCUT2D eigenvalue weighted by molar-refractivity contribution is 7.81. The molecular formula is C9H12N2S. The summed E-state index contributed by atoms with van der Waals surface area (Å²) in [5, 5.41) is 0.540. The zero-order valence-electron chi connectivity index (χ0n) is 6.85. The maximum absolute atomic E-state index is 4.44. The summed E-state index contributed by atoms with van der Waals surface area (Å²) in [4.78, 5) is 6.34. The Balaban J connectivity index is 2.11. The van der Waals surface area contributed by atoms with Crippen LogP contribution in [0.2, 0.25) is 0 Å². The van der Waals surface area contributed by atoms with Crippen LogP contribution in [0.15, 0.2) is 24.5 Å². The molecule has 2 heterocycles. The fourth-order valence-electron chi connectivity index (χ4n) is 1.53. The Hall–Kier alpha value is -0.700. The largest absolute Gasteiger partial charge is 0.370 e. The molecule has 0 aromatic carbocycles. The summed E-state index contributed by atoms with van der Waals surface area (Å²) in [7, 11) is 0. The smallest absolute Gasteiger partial charge is 0.0397 e. The third-order valence-electron chi connectivity index (χ3n) is 2.19. The maximum Gasteiger partial charge on any atom is 0.0397 e. The van der Waals surface area contributed by atoms with E-state index in [0.717, 1.165) is 13.1 Å². The molecule has 0 saturated carbocycles. The van der Waals surface area contributed by atoms with E-state index in [1.807, 2.05) is 24.5 Å². The highest BCUT2D eigenvalue weighted by atomic mass is 32.1. The normalized spacial score (nSPS) is 23.1. The fourth-order valence-corrected chi connectivity index (χ4v) is 1.84. The predicted molar refractivity (Wildman–Crippen MR) is 53.8 cm³/mol. The van der Waals surface area contributed by atoms with E-state index in [1.165, 1.54) is 12.1 Å². The molecule has 1 aromatic heterocycles. The number of anilines is 1. The summed E-state index contributed by atoms with van der Waals surface area (Å²) in [6.45, 7) is 2.19. The molecule has 1 aromatic rings. The summed E-state index contributed by atoms with van der Waals surface area (Å²) >= 11 is 4.44. The zero-order chi connectivity index (χ0) is 8.39. The van der Waals surface area contributed by atoms with E-state index in [0.29, 0.717) is 5.25 Å². The van der Waals surface area contributed by atoms with Crippen LogP contribution in [-0.2, 0) is 0 Å². The second kappa shape index (κ2) is 3.35. The molecule has 64 valence electrons. The van der Waals surface area contributed by atoms with Crippen LogP contribution in [0.4, 0.5) is 5.69 Å². The molecule has 1 fully saturated rings. The molecule has 1 saturated heterocycles. The molecule has 0 bridgehead atoms. The molecule has 1 atom stereocenters. The summed E-state index contributed by atoms with van der Waals surface area (Å²) in [6, 6.07) is 4.09. The van der Waals surface area contributed by atoms with E-state index in [2.05, 4.69) is 22.5 Å². The average molecular weight is 180 g/mol. The van der Waals surface area contributed by atoms with Crippen molar-refractivity contribution in [3.63, 3.8) is 0 Å². The van der Waals surface area contributed by atoms with Crippen molar-refractivity contribution in [2.75, 3.05) is 18.0 Å². The molecule has 1 aliphatic rings. The van der Waals surface area contributed by atoms with Gasteiger partial charge in [-0.2, -0.15) is 12.6 Å². The zero-order valence-corrected chi connectivity index (χ0v) is 7.74. The molecule has 12 heavy (non-hydrogen) atoms. The van der Waals surface area contributed by atoms with E-state index in [-0.39, 0.29) is 0 Å². The highest BCUT2D eigenvalue weighted by Gasteiger charge is 2.18. The fraction of sp³-hybridized carbons (Fsp3) is 0.444. The van der Waals surface area contributed by atoms with Crippen LogP contribution in [0.3, 0.4) is 0 Å². The third kappa shape index (κ3) is 1.55. The van der Waals surface area contributed by atoms with E-state index < -0.39 is 0 Å². The highest BCUT2D eigenvalue weighted by Crippen LogP contribution is 2.21. The van der Waals surface area contributed by atoms with Crippen molar-refractivity contribution in [2.24, 2.45) is 0 Å². The lowest BCUT2D eigenvalue weighted by Gasteiger charge is -2.16. The van der Waals surface area contributed by atoms with Crippen LogP contribution in [0.25, 0.3) is 0 Å². The Morgan fingerprint density at radius 3 is 2.75 bits per heavy atom. The Morgan fingerprint density at radius 1 is 1.42 bits per heavy atom. The van der Waals surface area contributed by atoms with Crippen molar-refractivity contribution in [1.82, 2.24) is 4.98 Å². The van der Waals surface area contributed by atoms with E-state index in [9.17, 15) is 0 Å². The lowest BCUT2D eigenvalue weighted by Crippen LogP contribution is -2.19. The summed E-state index contributed by atoms with van der Waals surface area (Å²) in [5.74, 6) is 0. The Morgan fingerprint density at radius 2 is 2.17 bits per heavy atom. The Kier molecular flexibility index (Phi) is 2.21. The summed E-state index contributed by atoms with van der Waals surface area (Å²) in [6.07, 6.45) is 4.85. The van der Waals surface area contributed by atoms with E-state index in [4.69, 9.17) is 0 Å². The number of hydrogen-bond acceptors (Lipinski definition) is 3. The first kappa shape index (κ1) is 7.92. The molecule has 0 aliphatic carbocycles. The molecular weight excluding hydrogens is 168 g/mol. The van der Waals surface area contributed by atoms with E-state index >= 15 is 0 Å². The molecule has 0 unspecified atom stereocenters. The Labute approximate surface area is 78.0 Å². The SMILES string of the molecule is S[C@H]1CCN(c2ccncc2)C1. The molecule has 2 nitrogen and oxygen atoms in total. The standard InChI is InChI=1S/C9H12N2S/c12-9-3-6-11(7-9)8-1-4-10-5-2-8/h1-2,4-5,9,12H,3,6-7H2/t9-/m0/s1. The minimum absolute atomic E-state index is 0.540. The number of aromatic nitrogens is 1. The van der Waals surface area contributed by atoms with Gasteiger partial charge in [0.25, 0.3) is 0 Å². The minimum atomic E-state index is 0.540.